The first-order valence-electron chi connectivity index (χ1n) is 6.85. The molecule has 1 saturated carbocycles. The minimum absolute atomic E-state index is 0.331. The lowest BCUT2D eigenvalue weighted by molar-refractivity contribution is 0.0697. The standard InChI is InChI=1S/C15H18N2O2/c1-10-16-13-6-5-12(15(18)19)9-14(13)17(10)8-7-11-3-2-4-11/h5-6,9,11H,2-4,7-8H2,1H3,(H,18,19). The Morgan fingerprint density at radius 3 is 2.89 bits per heavy atom. The van der Waals surface area contributed by atoms with Crippen LogP contribution in [0.1, 0.15) is 41.9 Å². The molecular formula is C15H18N2O2. The van der Waals surface area contributed by atoms with Gasteiger partial charge < -0.3 is 9.67 Å². The lowest BCUT2D eigenvalue weighted by Gasteiger charge is -2.25. The average molecular weight is 258 g/mol. The van der Waals surface area contributed by atoms with Crippen LogP contribution in [0.15, 0.2) is 18.2 Å². The van der Waals surface area contributed by atoms with Crippen LogP contribution in [-0.2, 0) is 6.54 Å². The van der Waals surface area contributed by atoms with Crippen molar-refractivity contribution in [2.24, 2.45) is 5.92 Å². The molecule has 3 rings (SSSR count). The number of benzene rings is 1. The number of rotatable bonds is 4. The molecule has 1 heterocycles. The second-order valence-corrected chi connectivity index (χ2v) is 5.40. The van der Waals surface area contributed by atoms with E-state index in [0.29, 0.717) is 5.56 Å². The van der Waals surface area contributed by atoms with E-state index in [0.717, 1.165) is 29.3 Å². The van der Waals surface area contributed by atoms with Gasteiger partial charge >= 0.3 is 5.97 Å². The summed E-state index contributed by atoms with van der Waals surface area (Å²) < 4.78 is 2.15. The predicted octanol–water partition coefficient (Wildman–Crippen LogP) is 3.23. The number of fused-ring (bicyclic) bond motifs is 1. The van der Waals surface area contributed by atoms with E-state index in [-0.39, 0.29) is 0 Å². The van der Waals surface area contributed by atoms with E-state index in [4.69, 9.17) is 5.11 Å². The number of carboxylic acids is 1. The van der Waals surface area contributed by atoms with E-state index in [9.17, 15) is 4.79 Å². The third-order valence-electron chi connectivity index (χ3n) is 4.17. The minimum atomic E-state index is -0.883. The Hall–Kier alpha value is -1.84. The zero-order valence-corrected chi connectivity index (χ0v) is 11.1. The maximum absolute atomic E-state index is 11.1. The second-order valence-electron chi connectivity index (χ2n) is 5.40. The molecule has 100 valence electrons. The van der Waals surface area contributed by atoms with Crippen molar-refractivity contribution >= 4 is 17.0 Å². The molecule has 1 aliphatic carbocycles. The molecule has 0 radical (unpaired) electrons. The lowest BCUT2D eigenvalue weighted by atomic mass is 9.83. The van der Waals surface area contributed by atoms with Gasteiger partial charge in [0.2, 0.25) is 0 Å². The summed E-state index contributed by atoms with van der Waals surface area (Å²) in [6.45, 7) is 2.93. The number of aromatic nitrogens is 2. The normalized spacial score (nSPS) is 15.6. The summed E-state index contributed by atoms with van der Waals surface area (Å²) >= 11 is 0. The van der Waals surface area contributed by atoms with Gasteiger partial charge in [-0.05, 0) is 37.5 Å². The highest BCUT2D eigenvalue weighted by atomic mass is 16.4. The van der Waals surface area contributed by atoms with Crippen LogP contribution in [0, 0.1) is 12.8 Å². The van der Waals surface area contributed by atoms with E-state index in [1.165, 1.54) is 25.7 Å². The summed E-state index contributed by atoms with van der Waals surface area (Å²) in [4.78, 5) is 15.6. The topological polar surface area (TPSA) is 55.1 Å². The minimum Gasteiger partial charge on any atom is -0.478 e. The number of carboxylic acid groups (broad SMARTS) is 1. The number of aromatic carboxylic acids is 1. The third-order valence-corrected chi connectivity index (χ3v) is 4.17. The fourth-order valence-electron chi connectivity index (χ4n) is 2.75. The maximum Gasteiger partial charge on any atom is 0.335 e. The van der Waals surface area contributed by atoms with Crippen molar-refractivity contribution in [3.63, 3.8) is 0 Å². The summed E-state index contributed by atoms with van der Waals surface area (Å²) in [6, 6.07) is 5.15. The molecule has 0 atom stereocenters. The summed E-state index contributed by atoms with van der Waals surface area (Å²) in [6.07, 6.45) is 5.21. The molecule has 19 heavy (non-hydrogen) atoms. The summed E-state index contributed by atoms with van der Waals surface area (Å²) in [5.41, 5.74) is 2.16. The zero-order valence-electron chi connectivity index (χ0n) is 11.1. The van der Waals surface area contributed by atoms with Gasteiger partial charge in [0.15, 0.2) is 0 Å². The second kappa shape index (κ2) is 4.68. The Labute approximate surface area is 112 Å². The molecule has 1 fully saturated rings. The van der Waals surface area contributed by atoms with Crippen molar-refractivity contribution in [2.45, 2.75) is 39.2 Å². The van der Waals surface area contributed by atoms with Crippen molar-refractivity contribution in [1.82, 2.24) is 9.55 Å². The van der Waals surface area contributed by atoms with Gasteiger partial charge in [0.05, 0.1) is 16.6 Å². The molecule has 1 aromatic carbocycles. The summed E-state index contributed by atoms with van der Waals surface area (Å²) in [5.74, 6) is 0.933. The first-order chi connectivity index (χ1) is 9.15. The van der Waals surface area contributed by atoms with Crippen LogP contribution in [0.5, 0.6) is 0 Å². The molecule has 1 N–H and O–H groups in total. The molecule has 0 bridgehead atoms. The molecule has 0 saturated heterocycles. The molecule has 1 aliphatic rings. The SMILES string of the molecule is Cc1nc2ccc(C(=O)O)cc2n1CCC1CCC1. The summed E-state index contributed by atoms with van der Waals surface area (Å²) in [7, 11) is 0. The van der Waals surface area contributed by atoms with Gasteiger partial charge in [-0.2, -0.15) is 0 Å². The van der Waals surface area contributed by atoms with Crippen molar-refractivity contribution in [3.8, 4) is 0 Å². The predicted molar refractivity (Wildman–Crippen MR) is 73.4 cm³/mol. The fraction of sp³-hybridized carbons (Fsp3) is 0.467. The van der Waals surface area contributed by atoms with Gasteiger partial charge in [0, 0.05) is 6.54 Å². The molecule has 0 spiro atoms. The van der Waals surface area contributed by atoms with Gasteiger partial charge in [0.1, 0.15) is 5.82 Å². The third kappa shape index (κ3) is 2.23. The zero-order chi connectivity index (χ0) is 13.4. The van der Waals surface area contributed by atoms with Crippen LogP contribution in [0.25, 0.3) is 11.0 Å². The Bertz CT molecular complexity index is 626. The van der Waals surface area contributed by atoms with Gasteiger partial charge in [-0.25, -0.2) is 9.78 Å². The van der Waals surface area contributed by atoms with Crippen molar-refractivity contribution in [2.75, 3.05) is 0 Å². The largest absolute Gasteiger partial charge is 0.478 e. The fourth-order valence-corrected chi connectivity index (χ4v) is 2.75. The number of hydrogen-bond acceptors (Lipinski definition) is 2. The smallest absolute Gasteiger partial charge is 0.335 e. The Kier molecular flexibility index (Phi) is 3.01. The molecule has 0 amide bonds. The molecule has 2 aromatic rings. The highest BCUT2D eigenvalue weighted by Crippen LogP contribution is 2.30. The molecular weight excluding hydrogens is 240 g/mol. The molecule has 4 heteroatoms. The monoisotopic (exact) mass is 258 g/mol. The first-order valence-corrected chi connectivity index (χ1v) is 6.85. The van der Waals surface area contributed by atoms with Gasteiger partial charge in [0.25, 0.3) is 0 Å². The number of imidazole rings is 1. The first kappa shape index (κ1) is 12.2. The van der Waals surface area contributed by atoms with Gasteiger partial charge in [-0.15, -0.1) is 0 Å². The van der Waals surface area contributed by atoms with Crippen LogP contribution < -0.4 is 0 Å². The van der Waals surface area contributed by atoms with Crippen LogP contribution in [0.4, 0.5) is 0 Å². The average Bonchev–Trinajstić information content (AvgIpc) is 2.63. The van der Waals surface area contributed by atoms with Crippen molar-refractivity contribution in [3.05, 3.63) is 29.6 Å². The number of nitrogens with zero attached hydrogens (tertiary/aromatic N) is 2. The highest BCUT2D eigenvalue weighted by Gasteiger charge is 2.18. The Morgan fingerprint density at radius 1 is 1.47 bits per heavy atom. The number of carbonyl (C=O) groups is 1. The lowest BCUT2D eigenvalue weighted by Crippen LogP contribution is -2.14. The Morgan fingerprint density at radius 2 is 2.26 bits per heavy atom. The number of aryl methyl sites for hydroxylation is 2. The van der Waals surface area contributed by atoms with Gasteiger partial charge in [-0.1, -0.05) is 19.3 Å². The van der Waals surface area contributed by atoms with E-state index in [2.05, 4.69) is 9.55 Å². The quantitative estimate of drug-likeness (QED) is 0.916. The van der Waals surface area contributed by atoms with Crippen LogP contribution in [-0.4, -0.2) is 20.6 Å². The van der Waals surface area contributed by atoms with E-state index in [1.54, 1.807) is 18.2 Å². The van der Waals surface area contributed by atoms with E-state index >= 15 is 0 Å². The maximum atomic E-state index is 11.1. The highest BCUT2D eigenvalue weighted by molar-refractivity contribution is 5.92. The van der Waals surface area contributed by atoms with Crippen LogP contribution >= 0.6 is 0 Å². The van der Waals surface area contributed by atoms with Crippen LogP contribution in [0.3, 0.4) is 0 Å². The molecule has 1 aromatic heterocycles. The van der Waals surface area contributed by atoms with Crippen LogP contribution in [0.2, 0.25) is 0 Å². The van der Waals surface area contributed by atoms with E-state index in [1.807, 2.05) is 6.92 Å². The molecule has 0 aliphatic heterocycles. The van der Waals surface area contributed by atoms with E-state index < -0.39 is 5.97 Å². The Balaban J connectivity index is 1.93. The molecule has 0 unspecified atom stereocenters. The van der Waals surface area contributed by atoms with Crippen molar-refractivity contribution < 1.29 is 9.90 Å². The number of hydrogen-bond donors (Lipinski definition) is 1. The summed E-state index contributed by atoms with van der Waals surface area (Å²) in [5, 5.41) is 9.08. The van der Waals surface area contributed by atoms with Gasteiger partial charge in [-0.3, -0.25) is 0 Å². The molecule has 4 nitrogen and oxygen atoms in total. The van der Waals surface area contributed by atoms with Crippen molar-refractivity contribution in [1.29, 1.82) is 0 Å².